The van der Waals surface area contributed by atoms with Gasteiger partial charge in [0.15, 0.2) is 5.13 Å². The molecule has 4 nitrogen and oxygen atoms in total. The SMILES string of the molecule is CCc1cccc2sc(N(Cc3ccccn3)C(=O)c3ccccc3Cl)nc12. The molecule has 2 aromatic carbocycles. The summed E-state index contributed by atoms with van der Waals surface area (Å²) in [5.41, 5.74) is 3.36. The first-order valence-corrected chi connectivity index (χ1v) is 10.2. The molecular formula is C22H18ClN3OS. The van der Waals surface area contributed by atoms with Gasteiger partial charge in [-0.1, -0.05) is 60.2 Å². The Kier molecular flexibility index (Phi) is 5.37. The minimum absolute atomic E-state index is 0.187. The fourth-order valence-corrected chi connectivity index (χ4v) is 4.28. The smallest absolute Gasteiger partial charge is 0.261 e. The number of anilines is 1. The van der Waals surface area contributed by atoms with Gasteiger partial charge in [-0.2, -0.15) is 0 Å². The summed E-state index contributed by atoms with van der Waals surface area (Å²) >= 11 is 7.81. The third-order valence-corrected chi connectivity index (χ3v) is 5.87. The first-order chi connectivity index (χ1) is 13.7. The van der Waals surface area contributed by atoms with E-state index in [4.69, 9.17) is 16.6 Å². The number of halogens is 1. The molecule has 6 heteroatoms. The number of carbonyl (C=O) groups is 1. The van der Waals surface area contributed by atoms with E-state index in [-0.39, 0.29) is 5.91 Å². The maximum absolute atomic E-state index is 13.4. The van der Waals surface area contributed by atoms with E-state index in [0.717, 1.165) is 22.3 Å². The van der Waals surface area contributed by atoms with Gasteiger partial charge in [0.05, 0.1) is 33.0 Å². The summed E-state index contributed by atoms with van der Waals surface area (Å²) in [5, 5.41) is 1.07. The normalized spacial score (nSPS) is 10.9. The Balaban J connectivity index is 1.81. The van der Waals surface area contributed by atoms with Crippen LogP contribution in [-0.2, 0) is 13.0 Å². The van der Waals surface area contributed by atoms with E-state index >= 15 is 0 Å². The Morgan fingerprint density at radius 2 is 1.89 bits per heavy atom. The number of amides is 1. The number of benzene rings is 2. The molecular weight excluding hydrogens is 390 g/mol. The maximum atomic E-state index is 13.4. The molecule has 0 aliphatic carbocycles. The Labute approximate surface area is 172 Å². The molecule has 0 unspecified atom stereocenters. The molecule has 0 bridgehead atoms. The van der Waals surface area contributed by atoms with Crippen LogP contribution in [0.1, 0.15) is 28.5 Å². The van der Waals surface area contributed by atoms with E-state index in [1.807, 2.05) is 42.5 Å². The molecule has 4 aromatic rings. The van der Waals surface area contributed by atoms with E-state index in [1.54, 1.807) is 23.2 Å². The average Bonchev–Trinajstić information content (AvgIpc) is 3.16. The molecule has 0 N–H and O–H groups in total. The molecule has 0 atom stereocenters. The number of fused-ring (bicyclic) bond motifs is 1. The second-order valence-corrected chi connectivity index (χ2v) is 7.72. The number of pyridine rings is 1. The van der Waals surface area contributed by atoms with Crippen molar-refractivity contribution in [1.29, 1.82) is 0 Å². The Bertz CT molecular complexity index is 1130. The summed E-state index contributed by atoms with van der Waals surface area (Å²) in [5.74, 6) is -0.187. The summed E-state index contributed by atoms with van der Waals surface area (Å²) < 4.78 is 1.06. The topological polar surface area (TPSA) is 46.1 Å². The van der Waals surface area contributed by atoms with Crippen LogP contribution in [0.25, 0.3) is 10.2 Å². The molecule has 0 saturated heterocycles. The average molecular weight is 408 g/mol. The van der Waals surface area contributed by atoms with Crippen molar-refractivity contribution in [2.24, 2.45) is 0 Å². The van der Waals surface area contributed by atoms with Gasteiger partial charge in [-0.25, -0.2) is 4.98 Å². The second-order valence-electron chi connectivity index (χ2n) is 6.31. The highest BCUT2D eigenvalue weighted by atomic mass is 35.5. The third kappa shape index (κ3) is 3.63. The number of para-hydroxylation sites is 1. The molecule has 2 heterocycles. The zero-order valence-corrected chi connectivity index (χ0v) is 16.9. The lowest BCUT2D eigenvalue weighted by Crippen LogP contribution is -2.31. The highest BCUT2D eigenvalue weighted by molar-refractivity contribution is 7.22. The zero-order chi connectivity index (χ0) is 19.5. The lowest BCUT2D eigenvalue weighted by molar-refractivity contribution is 0.0985. The number of aromatic nitrogens is 2. The molecule has 28 heavy (non-hydrogen) atoms. The van der Waals surface area contributed by atoms with Gasteiger partial charge in [0, 0.05) is 6.20 Å². The van der Waals surface area contributed by atoms with Crippen molar-refractivity contribution in [3.05, 3.63) is 88.7 Å². The molecule has 140 valence electrons. The van der Waals surface area contributed by atoms with Gasteiger partial charge in [0.25, 0.3) is 5.91 Å². The minimum atomic E-state index is -0.187. The lowest BCUT2D eigenvalue weighted by Gasteiger charge is -2.20. The van der Waals surface area contributed by atoms with Gasteiger partial charge >= 0.3 is 0 Å². The van der Waals surface area contributed by atoms with Crippen molar-refractivity contribution >= 4 is 44.2 Å². The summed E-state index contributed by atoms with van der Waals surface area (Å²) in [6, 6.07) is 18.9. The van der Waals surface area contributed by atoms with Crippen molar-refractivity contribution in [1.82, 2.24) is 9.97 Å². The Morgan fingerprint density at radius 1 is 1.07 bits per heavy atom. The van der Waals surface area contributed by atoms with Gasteiger partial charge in [-0.15, -0.1) is 0 Å². The summed E-state index contributed by atoms with van der Waals surface area (Å²) in [7, 11) is 0. The van der Waals surface area contributed by atoms with Crippen molar-refractivity contribution in [2.75, 3.05) is 4.90 Å². The van der Waals surface area contributed by atoms with E-state index < -0.39 is 0 Å². The number of nitrogens with zero attached hydrogens (tertiary/aromatic N) is 3. The monoisotopic (exact) mass is 407 g/mol. The fraction of sp³-hybridized carbons (Fsp3) is 0.136. The minimum Gasteiger partial charge on any atom is -0.278 e. The molecule has 0 radical (unpaired) electrons. The van der Waals surface area contributed by atoms with E-state index in [0.29, 0.717) is 22.3 Å². The Morgan fingerprint density at radius 3 is 2.64 bits per heavy atom. The summed E-state index contributed by atoms with van der Waals surface area (Å²) in [6.45, 7) is 2.43. The van der Waals surface area contributed by atoms with E-state index in [2.05, 4.69) is 18.0 Å². The van der Waals surface area contributed by atoms with Crippen LogP contribution in [0.15, 0.2) is 66.9 Å². The van der Waals surface area contributed by atoms with Crippen molar-refractivity contribution in [3.8, 4) is 0 Å². The number of hydrogen-bond acceptors (Lipinski definition) is 4. The zero-order valence-electron chi connectivity index (χ0n) is 15.3. The first-order valence-electron chi connectivity index (χ1n) is 9.02. The predicted molar refractivity (Wildman–Crippen MR) is 115 cm³/mol. The van der Waals surface area contributed by atoms with Gasteiger partial charge in [0.1, 0.15) is 0 Å². The van der Waals surface area contributed by atoms with Gasteiger partial charge in [0.2, 0.25) is 0 Å². The van der Waals surface area contributed by atoms with Gasteiger partial charge in [-0.05, 0) is 42.3 Å². The van der Waals surface area contributed by atoms with Crippen molar-refractivity contribution in [2.45, 2.75) is 19.9 Å². The van der Waals surface area contributed by atoms with E-state index in [9.17, 15) is 4.79 Å². The number of thiazole rings is 1. The van der Waals surface area contributed by atoms with Crippen LogP contribution in [0.5, 0.6) is 0 Å². The number of carbonyl (C=O) groups excluding carboxylic acids is 1. The number of rotatable bonds is 5. The van der Waals surface area contributed by atoms with Crippen LogP contribution in [0.2, 0.25) is 5.02 Å². The standard InChI is InChI=1S/C22H18ClN3OS/c1-2-15-8-7-12-19-20(15)25-22(28-19)26(14-16-9-5-6-13-24-16)21(27)17-10-3-4-11-18(17)23/h3-13H,2,14H2,1H3. The van der Waals surface area contributed by atoms with Gasteiger partial charge < -0.3 is 0 Å². The van der Waals surface area contributed by atoms with Crippen LogP contribution in [-0.4, -0.2) is 15.9 Å². The molecule has 2 aromatic heterocycles. The molecule has 0 aliphatic heterocycles. The van der Waals surface area contributed by atoms with Crippen molar-refractivity contribution < 1.29 is 4.79 Å². The van der Waals surface area contributed by atoms with E-state index in [1.165, 1.54) is 16.9 Å². The molecule has 1 amide bonds. The van der Waals surface area contributed by atoms with Crippen molar-refractivity contribution in [3.63, 3.8) is 0 Å². The molecule has 0 saturated carbocycles. The molecule has 4 rings (SSSR count). The highest BCUT2D eigenvalue weighted by Crippen LogP contribution is 2.33. The number of hydrogen-bond donors (Lipinski definition) is 0. The second kappa shape index (κ2) is 8.09. The number of aryl methyl sites for hydroxylation is 1. The van der Waals surface area contributed by atoms with Gasteiger partial charge in [-0.3, -0.25) is 14.7 Å². The van der Waals surface area contributed by atoms with Crippen LogP contribution in [0.4, 0.5) is 5.13 Å². The third-order valence-electron chi connectivity index (χ3n) is 4.50. The summed E-state index contributed by atoms with van der Waals surface area (Å²) in [6.07, 6.45) is 2.61. The fourth-order valence-electron chi connectivity index (χ4n) is 3.05. The summed E-state index contributed by atoms with van der Waals surface area (Å²) in [4.78, 5) is 24.2. The van der Waals surface area contributed by atoms with Crippen LogP contribution < -0.4 is 4.90 Å². The maximum Gasteiger partial charge on any atom is 0.261 e. The quantitative estimate of drug-likeness (QED) is 0.423. The molecule has 0 spiro atoms. The largest absolute Gasteiger partial charge is 0.278 e. The first kappa shape index (κ1) is 18.6. The Hall–Kier alpha value is -2.76. The van der Waals surface area contributed by atoms with Crippen LogP contribution >= 0.6 is 22.9 Å². The highest BCUT2D eigenvalue weighted by Gasteiger charge is 2.24. The predicted octanol–water partition coefficient (Wildman–Crippen LogP) is 5.75. The van der Waals surface area contributed by atoms with Crippen LogP contribution in [0, 0.1) is 0 Å². The lowest BCUT2D eigenvalue weighted by atomic mass is 10.1. The molecule has 0 aliphatic rings. The van der Waals surface area contributed by atoms with Crippen LogP contribution in [0.3, 0.4) is 0 Å². The molecule has 0 fully saturated rings.